The Labute approximate surface area is 215 Å². The molecule has 37 heavy (non-hydrogen) atoms. The third-order valence-corrected chi connectivity index (χ3v) is 7.82. The fraction of sp³-hybridized carbons (Fsp3) is 0.407. The maximum Gasteiger partial charge on any atom is 0.343 e. The Bertz CT molecular complexity index is 1720. The molecule has 9 nitrogen and oxygen atoms in total. The lowest BCUT2D eigenvalue weighted by atomic mass is 9.81. The van der Waals surface area contributed by atoms with Gasteiger partial charge in [0.05, 0.1) is 35.1 Å². The van der Waals surface area contributed by atoms with E-state index in [-0.39, 0.29) is 23.4 Å². The van der Waals surface area contributed by atoms with Crippen LogP contribution in [0.5, 0.6) is 0 Å². The number of hydrogen-bond donors (Lipinski definition) is 3. The lowest BCUT2D eigenvalue weighted by molar-refractivity contribution is -0.172. The van der Waals surface area contributed by atoms with Crippen LogP contribution in [0.1, 0.15) is 70.2 Å². The van der Waals surface area contributed by atoms with Crippen molar-refractivity contribution in [1.82, 2.24) is 14.9 Å². The summed E-state index contributed by atoms with van der Waals surface area (Å²) in [5, 5.41) is 24.7. The van der Waals surface area contributed by atoms with Gasteiger partial charge in [-0.3, -0.25) is 9.59 Å². The fourth-order valence-electron chi connectivity index (χ4n) is 5.82. The normalized spacial score (nSPS) is 23.8. The van der Waals surface area contributed by atoms with Gasteiger partial charge in [0.2, 0.25) is 5.91 Å². The highest BCUT2D eigenvalue weighted by Crippen LogP contribution is 2.45. The molecule has 10 heteroatoms. The number of rotatable bonds is 3. The summed E-state index contributed by atoms with van der Waals surface area (Å²) in [6, 6.07) is 2.12. The molecule has 3 N–H and O–H groups in total. The number of amides is 1. The van der Waals surface area contributed by atoms with E-state index in [4.69, 9.17) is 13.8 Å². The van der Waals surface area contributed by atoms with Crippen LogP contribution in [0.25, 0.3) is 22.3 Å². The number of cyclic esters (lactones) is 1. The molecule has 3 atom stereocenters. The predicted octanol–water partition coefficient (Wildman–Crippen LogP) is 2.01. The van der Waals surface area contributed by atoms with Crippen molar-refractivity contribution in [1.29, 1.82) is 0 Å². The Kier molecular flexibility index (Phi) is 4.38. The van der Waals surface area contributed by atoms with Crippen molar-refractivity contribution < 1.29 is 33.0 Å². The number of aliphatic hydroxyl groups excluding tert-OH is 1. The SMILES string of the molecule is [2H]C([2H])([2H])C[C@@]1(O)C(=O)OCc2c1cc1n(c2=O)Cc2c-1nc1cc(F)c(C)c3c1c2C(NC(=O)C(C)O)CC3. The second-order valence-electron chi connectivity index (χ2n) is 9.91. The molecule has 2 aliphatic heterocycles. The van der Waals surface area contributed by atoms with Crippen LogP contribution in [0, 0.1) is 12.7 Å². The highest BCUT2D eigenvalue weighted by Gasteiger charge is 2.46. The first-order chi connectivity index (χ1) is 18.7. The molecular weight excluding hydrogens is 481 g/mol. The summed E-state index contributed by atoms with van der Waals surface area (Å²) in [6.45, 7) is -0.0859. The van der Waals surface area contributed by atoms with Gasteiger partial charge in [-0.25, -0.2) is 14.2 Å². The zero-order valence-electron chi connectivity index (χ0n) is 23.1. The van der Waals surface area contributed by atoms with Crippen molar-refractivity contribution in [2.45, 2.75) is 70.9 Å². The van der Waals surface area contributed by atoms with Gasteiger partial charge in [0, 0.05) is 26.7 Å². The second kappa shape index (κ2) is 7.93. The first kappa shape index (κ1) is 20.4. The molecule has 0 spiro atoms. The van der Waals surface area contributed by atoms with Crippen LogP contribution in [0.3, 0.4) is 0 Å². The molecule has 1 aliphatic carbocycles. The number of benzene rings is 1. The molecule has 6 rings (SSSR count). The van der Waals surface area contributed by atoms with E-state index in [0.717, 1.165) is 5.56 Å². The molecule has 3 aliphatic rings. The number of ether oxygens (including phenoxy) is 1. The first-order valence-electron chi connectivity index (χ1n) is 13.5. The van der Waals surface area contributed by atoms with Crippen LogP contribution in [0.2, 0.25) is 0 Å². The van der Waals surface area contributed by atoms with Gasteiger partial charge in [-0.15, -0.1) is 0 Å². The summed E-state index contributed by atoms with van der Waals surface area (Å²) < 4.78 is 44.3. The summed E-state index contributed by atoms with van der Waals surface area (Å²) in [5.74, 6) is -2.20. The predicted molar refractivity (Wildman–Crippen MR) is 130 cm³/mol. The molecule has 0 bridgehead atoms. The number of halogens is 1. The number of carbonyl (C=O) groups excluding carboxylic acids is 2. The largest absolute Gasteiger partial charge is 0.458 e. The Morgan fingerprint density at radius 1 is 1.38 bits per heavy atom. The van der Waals surface area contributed by atoms with Gasteiger partial charge in [0.25, 0.3) is 5.56 Å². The van der Waals surface area contributed by atoms with Crippen molar-refractivity contribution in [2.24, 2.45) is 0 Å². The van der Waals surface area contributed by atoms with Gasteiger partial charge in [0.15, 0.2) is 5.60 Å². The number of carbonyl (C=O) groups is 2. The van der Waals surface area contributed by atoms with Gasteiger partial charge >= 0.3 is 5.97 Å². The summed E-state index contributed by atoms with van der Waals surface area (Å²) in [6.07, 6.45) is -1.34. The number of esters is 1. The summed E-state index contributed by atoms with van der Waals surface area (Å²) >= 11 is 0. The number of hydrogen-bond acceptors (Lipinski definition) is 7. The molecule has 4 heterocycles. The van der Waals surface area contributed by atoms with Crippen LogP contribution < -0.4 is 10.9 Å². The molecule has 0 saturated heterocycles. The van der Waals surface area contributed by atoms with Gasteiger partial charge in [-0.1, -0.05) is 6.85 Å². The Balaban J connectivity index is 1.63. The molecule has 0 fully saturated rings. The van der Waals surface area contributed by atoms with E-state index in [1.807, 2.05) is 0 Å². The van der Waals surface area contributed by atoms with Crippen LogP contribution >= 0.6 is 0 Å². The first-order valence-corrected chi connectivity index (χ1v) is 12.0. The van der Waals surface area contributed by atoms with E-state index < -0.39 is 60.9 Å². The molecule has 1 amide bonds. The van der Waals surface area contributed by atoms with Crippen molar-refractivity contribution >= 4 is 22.8 Å². The number of nitrogens with zero attached hydrogens (tertiary/aromatic N) is 2. The van der Waals surface area contributed by atoms with Gasteiger partial charge in [-0.05, 0) is 55.9 Å². The number of pyridine rings is 2. The van der Waals surface area contributed by atoms with E-state index in [2.05, 4.69) is 5.32 Å². The Morgan fingerprint density at radius 3 is 2.89 bits per heavy atom. The van der Waals surface area contributed by atoms with E-state index in [1.54, 1.807) is 6.92 Å². The van der Waals surface area contributed by atoms with Gasteiger partial charge in [-0.2, -0.15) is 0 Å². The second-order valence-corrected chi connectivity index (χ2v) is 9.91. The summed E-state index contributed by atoms with van der Waals surface area (Å²) in [4.78, 5) is 43.6. The molecule has 0 radical (unpaired) electrons. The number of aliphatic hydroxyl groups is 2. The average Bonchev–Trinajstić information content (AvgIpc) is 3.23. The third kappa shape index (κ3) is 3.15. The molecule has 2 aromatic heterocycles. The molecule has 0 saturated carbocycles. The average molecular weight is 511 g/mol. The monoisotopic (exact) mass is 510 g/mol. The minimum absolute atomic E-state index is 0.0392. The number of aromatic nitrogens is 2. The molecular formula is C27H26FN3O6. The lowest BCUT2D eigenvalue weighted by Gasteiger charge is -2.31. The molecule has 2 unspecified atom stereocenters. The minimum atomic E-state index is -2.71. The Morgan fingerprint density at radius 2 is 2.16 bits per heavy atom. The van der Waals surface area contributed by atoms with E-state index >= 15 is 0 Å². The van der Waals surface area contributed by atoms with Gasteiger partial charge in [0.1, 0.15) is 18.5 Å². The molecule has 3 aromatic rings. The quantitative estimate of drug-likeness (QED) is 0.360. The number of aryl methyl sites for hydroxylation is 1. The maximum atomic E-state index is 15.0. The standard InChI is InChI=1S/C27H26FN3O6/c1-4-27(36)16-7-20-23-14(9-31(20)25(34)15(16)10-37-26(27)35)22-18(30-24(33)12(3)32)6-5-13-11(2)17(28)8-19(29-23)21(13)22/h7-8,12,18,32,36H,4-6,9-10H2,1-3H3,(H,30,33)/t12?,18?,27-/m0/s1/i1D3. The van der Waals surface area contributed by atoms with Crippen molar-refractivity contribution in [3.05, 3.63) is 61.7 Å². The summed E-state index contributed by atoms with van der Waals surface area (Å²) in [5.41, 5.74) is -0.0660. The van der Waals surface area contributed by atoms with Crippen molar-refractivity contribution in [3.8, 4) is 11.4 Å². The topological polar surface area (TPSA) is 131 Å². The number of nitrogens with one attached hydrogen (secondary N) is 1. The summed E-state index contributed by atoms with van der Waals surface area (Å²) in [7, 11) is 0. The van der Waals surface area contributed by atoms with E-state index in [0.29, 0.717) is 46.1 Å². The highest BCUT2D eigenvalue weighted by atomic mass is 19.1. The number of fused-ring (bicyclic) bond motifs is 5. The zero-order chi connectivity index (χ0) is 28.9. The van der Waals surface area contributed by atoms with E-state index in [9.17, 15) is 29.0 Å². The van der Waals surface area contributed by atoms with Crippen molar-refractivity contribution in [2.75, 3.05) is 0 Å². The maximum absolute atomic E-state index is 15.0. The molecule has 192 valence electrons. The Hall–Kier alpha value is -3.63. The smallest absolute Gasteiger partial charge is 0.343 e. The van der Waals surface area contributed by atoms with Gasteiger partial charge < -0.3 is 24.8 Å². The zero-order valence-corrected chi connectivity index (χ0v) is 20.1. The van der Waals surface area contributed by atoms with Crippen LogP contribution in [0.15, 0.2) is 16.9 Å². The highest BCUT2D eigenvalue weighted by molar-refractivity contribution is 5.94. The van der Waals surface area contributed by atoms with E-state index in [1.165, 1.54) is 23.6 Å². The molecule has 1 aromatic carbocycles. The third-order valence-electron chi connectivity index (χ3n) is 7.82. The van der Waals surface area contributed by atoms with Crippen LogP contribution in [0.4, 0.5) is 4.39 Å². The minimum Gasteiger partial charge on any atom is -0.458 e. The fourth-order valence-corrected chi connectivity index (χ4v) is 5.82. The lowest BCUT2D eigenvalue weighted by Crippen LogP contribution is -2.44. The van der Waals surface area contributed by atoms with Crippen LogP contribution in [-0.2, 0) is 39.5 Å². The van der Waals surface area contributed by atoms with Crippen LogP contribution in [-0.4, -0.2) is 37.7 Å². The van der Waals surface area contributed by atoms with Crippen molar-refractivity contribution in [3.63, 3.8) is 0 Å².